The number of benzene rings is 1. The third-order valence-corrected chi connectivity index (χ3v) is 3.41. The average Bonchev–Trinajstić information content (AvgIpc) is 2.74. The third kappa shape index (κ3) is 2.32. The zero-order valence-electron chi connectivity index (χ0n) is 10.7. The Morgan fingerprint density at radius 2 is 2.28 bits per heavy atom. The summed E-state index contributed by atoms with van der Waals surface area (Å²) >= 11 is 0. The highest BCUT2D eigenvalue weighted by atomic mass is 16.4. The molecule has 0 bridgehead atoms. The first kappa shape index (κ1) is 12.9. The highest BCUT2D eigenvalue weighted by molar-refractivity contribution is 5.72. The van der Waals surface area contributed by atoms with E-state index in [1.165, 1.54) is 0 Å². The SMILES string of the molecule is CCC(CN)C(NC)c1ccc2[nH]c(=O)oc2c1. The van der Waals surface area contributed by atoms with Crippen LogP contribution < -0.4 is 16.8 Å². The molecule has 98 valence electrons. The number of H-pyrrole nitrogens is 1. The second-order valence-electron chi connectivity index (χ2n) is 4.44. The van der Waals surface area contributed by atoms with Crippen molar-refractivity contribution >= 4 is 11.1 Å². The zero-order chi connectivity index (χ0) is 13.1. The van der Waals surface area contributed by atoms with Crippen LogP contribution in [-0.2, 0) is 0 Å². The van der Waals surface area contributed by atoms with Gasteiger partial charge in [-0.2, -0.15) is 0 Å². The molecular weight excluding hydrogens is 230 g/mol. The molecule has 5 heteroatoms. The Morgan fingerprint density at radius 3 is 2.89 bits per heavy atom. The zero-order valence-corrected chi connectivity index (χ0v) is 10.7. The largest absolute Gasteiger partial charge is 0.417 e. The van der Waals surface area contributed by atoms with Gasteiger partial charge >= 0.3 is 5.76 Å². The van der Waals surface area contributed by atoms with E-state index in [2.05, 4.69) is 17.2 Å². The fourth-order valence-corrected chi connectivity index (χ4v) is 2.37. The molecule has 2 atom stereocenters. The van der Waals surface area contributed by atoms with Crippen molar-refractivity contribution in [2.45, 2.75) is 19.4 Å². The minimum absolute atomic E-state index is 0.171. The minimum atomic E-state index is -0.422. The number of oxazole rings is 1. The lowest BCUT2D eigenvalue weighted by molar-refractivity contribution is 0.378. The van der Waals surface area contributed by atoms with Crippen LogP contribution in [0.5, 0.6) is 0 Å². The number of hydrogen-bond donors (Lipinski definition) is 3. The lowest BCUT2D eigenvalue weighted by Gasteiger charge is -2.25. The molecule has 18 heavy (non-hydrogen) atoms. The molecule has 0 spiro atoms. The number of aromatic amines is 1. The van der Waals surface area contributed by atoms with Gasteiger partial charge in [-0.15, -0.1) is 0 Å². The van der Waals surface area contributed by atoms with E-state index in [1.807, 2.05) is 25.2 Å². The van der Waals surface area contributed by atoms with E-state index in [4.69, 9.17) is 10.2 Å². The summed E-state index contributed by atoms with van der Waals surface area (Å²) < 4.78 is 5.08. The Labute approximate surface area is 105 Å². The highest BCUT2D eigenvalue weighted by Crippen LogP contribution is 2.25. The Kier molecular flexibility index (Phi) is 3.84. The standard InChI is InChI=1S/C13H19N3O2/c1-3-8(7-14)12(15-2)9-4-5-10-11(6-9)18-13(17)16-10/h4-6,8,12,15H,3,7,14H2,1-2H3,(H,16,17). The summed E-state index contributed by atoms with van der Waals surface area (Å²) in [5.74, 6) is -0.0628. The van der Waals surface area contributed by atoms with Crippen molar-refractivity contribution in [2.24, 2.45) is 11.7 Å². The Hall–Kier alpha value is -1.59. The van der Waals surface area contributed by atoms with Crippen LogP contribution in [0.4, 0.5) is 0 Å². The van der Waals surface area contributed by atoms with E-state index in [1.54, 1.807) is 0 Å². The fraction of sp³-hybridized carbons (Fsp3) is 0.462. The van der Waals surface area contributed by atoms with E-state index in [0.717, 1.165) is 17.5 Å². The van der Waals surface area contributed by atoms with E-state index >= 15 is 0 Å². The summed E-state index contributed by atoms with van der Waals surface area (Å²) in [4.78, 5) is 13.8. The molecule has 0 aliphatic carbocycles. The minimum Gasteiger partial charge on any atom is -0.408 e. The van der Waals surface area contributed by atoms with Crippen LogP contribution in [0.1, 0.15) is 24.9 Å². The van der Waals surface area contributed by atoms with Crippen LogP contribution in [0, 0.1) is 5.92 Å². The molecule has 0 saturated heterocycles. The Bertz CT molecular complexity index is 569. The van der Waals surface area contributed by atoms with Gasteiger partial charge in [-0.3, -0.25) is 4.98 Å². The molecular formula is C13H19N3O2. The summed E-state index contributed by atoms with van der Waals surface area (Å²) in [5, 5.41) is 3.28. The first-order valence-electron chi connectivity index (χ1n) is 6.19. The van der Waals surface area contributed by atoms with E-state index in [9.17, 15) is 4.79 Å². The van der Waals surface area contributed by atoms with Gasteiger partial charge in [0.1, 0.15) is 0 Å². The van der Waals surface area contributed by atoms with Crippen LogP contribution in [0.25, 0.3) is 11.1 Å². The van der Waals surface area contributed by atoms with Crippen LogP contribution in [-0.4, -0.2) is 18.6 Å². The molecule has 0 fully saturated rings. The van der Waals surface area contributed by atoms with Crippen LogP contribution >= 0.6 is 0 Å². The lowest BCUT2D eigenvalue weighted by Crippen LogP contribution is -2.30. The van der Waals surface area contributed by atoms with Crippen molar-refractivity contribution in [3.05, 3.63) is 34.3 Å². The molecule has 0 aliphatic rings. The van der Waals surface area contributed by atoms with Gasteiger partial charge in [0.2, 0.25) is 0 Å². The van der Waals surface area contributed by atoms with Crippen molar-refractivity contribution in [1.29, 1.82) is 0 Å². The molecule has 5 nitrogen and oxygen atoms in total. The first-order valence-corrected chi connectivity index (χ1v) is 6.19. The second-order valence-corrected chi connectivity index (χ2v) is 4.44. The van der Waals surface area contributed by atoms with Crippen LogP contribution in [0.3, 0.4) is 0 Å². The lowest BCUT2D eigenvalue weighted by atomic mass is 9.91. The molecule has 2 unspecified atom stereocenters. The fourth-order valence-electron chi connectivity index (χ4n) is 2.37. The van der Waals surface area contributed by atoms with Gasteiger partial charge in [-0.25, -0.2) is 4.79 Å². The second kappa shape index (κ2) is 5.37. The Morgan fingerprint density at radius 1 is 1.50 bits per heavy atom. The summed E-state index contributed by atoms with van der Waals surface area (Å²) in [5.41, 5.74) is 8.19. The summed E-state index contributed by atoms with van der Waals surface area (Å²) in [6.45, 7) is 2.74. The van der Waals surface area contributed by atoms with Crippen LogP contribution in [0.2, 0.25) is 0 Å². The van der Waals surface area contributed by atoms with E-state index in [-0.39, 0.29) is 6.04 Å². The summed E-state index contributed by atoms with van der Waals surface area (Å²) in [6, 6.07) is 5.92. The van der Waals surface area contributed by atoms with Crippen molar-refractivity contribution in [1.82, 2.24) is 10.3 Å². The maximum Gasteiger partial charge on any atom is 0.417 e. The number of nitrogens with two attached hydrogens (primary N) is 1. The van der Waals surface area contributed by atoms with Gasteiger partial charge in [-0.1, -0.05) is 19.4 Å². The molecule has 2 aromatic rings. The average molecular weight is 249 g/mol. The van der Waals surface area contributed by atoms with Crippen molar-refractivity contribution in [3.63, 3.8) is 0 Å². The topological polar surface area (TPSA) is 84.0 Å². The van der Waals surface area contributed by atoms with Crippen molar-refractivity contribution in [3.8, 4) is 0 Å². The van der Waals surface area contributed by atoms with Crippen molar-refractivity contribution in [2.75, 3.05) is 13.6 Å². The number of rotatable bonds is 5. The predicted octanol–water partition coefficient (Wildman–Crippen LogP) is 1.37. The van der Waals surface area contributed by atoms with Crippen molar-refractivity contribution < 1.29 is 4.42 Å². The maximum atomic E-state index is 11.1. The molecule has 1 heterocycles. The molecule has 0 saturated carbocycles. The van der Waals surface area contributed by atoms with E-state index in [0.29, 0.717) is 18.0 Å². The smallest absolute Gasteiger partial charge is 0.408 e. The van der Waals surface area contributed by atoms with Gasteiger partial charge in [0.15, 0.2) is 5.58 Å². The molecule has 2 rings (SSSR count). The van der Waals surface area contributed by atoms with E-state index < -0.39 is 5.76 Å². The maximum absolute atomic E-state index is 11.1. The van der Waals surface area contributed by atoms with Gasteiger partial charge in [0.05, 0.1) is 5.52 Å². The number of nitrogens with one attached hydrogen (secondary N) is 2. The molecule has 1 aromatic carbocycles. The van der Waals surface area contributed by atoms with Gasteiger partial charge in [0, 0.05) is 6.04 Å². The summed E-state index contributed by atoms with van der Waals surface area (Å²) in [6.07, 6.45) is 0.997. The molecule has 0 radical (unpaired) electrons. The third-order valence-electron chi connectivity index (χ3n) is 3.41. The monoisotopic (exact) mass is 249 g/mol. The Balaban J connectivity index is 2.41. The van der Waals surface area contributed by atoms with Gasteiger partial charge in [-0.05, 0) is 37.2 Å². The molecule has 1 aromatic heterocycles. The predicted molar refractivity (Wildman–Crippen MR) is 71.5 cm³/mol. The first-order chi connectivity index (χ1) is 8.69. The molecule has 0 aliphatic heterocycles. The number of fused-ring (bicyclic) bond motifs is 1. The number of hydrogen-bond acceptors (Lipinski definition) is 4. The molecule has 4 N–H and O–H groups in total. The summed E-state index contributed by atoms with van der Waals surface area (Å²) in [7, 11) is 1.92. The highest BCUT2D eigenvalue weighted by Gasteiger charge is 2.19. The molecule has 0 amide bonds. The van der Waals surface area contributed by atoms with Gasteiger partial charge in [0.25, 0.3) is 0 Å². The quantitative estimate of drug-likeness (QED) is 0.747. The number of aromatic nitrogens is 1. The van der Waals surface area contributed by atoms with Crippen LogP contribution in [0.15, 0.2) is 27.4 Å². The normalized spacial score (nSPS) is 14.8. The van der Waals surface area contributed by atoms with Gasteiger partial charge < -0.3 is 15.5 Å².